The van der Waals surface area contributed by atoms with E-state index in [1.54, 1.807) is 12.3 Å². The quantitative estimate of drug-likeness (QED) is 0.647. The molecule has 1 fully saturated rings. The fraction of sp³-hybridized carbons (Fsp3) is 0.545. The van der Waals surface area contributed by atoms with Crippen LogP contribution in [-0.4, -0.2) is 64.7 Å². The molecule has 2 heterocycles. The van der Waals surface area contributed by atoms with Gasteiger partial charge in [-0.2, -0.15) is 0 Å². The van der Waals surface area contributed by atoms with Gasteiger partial charge in [-0.05, 0) is 23.6 Å². The second-order valence-corrected chi connectivity index (χ2v) is 7.97. The summed E-state index contributed by atoms with van der Waals surface area (Å²) in [5.74, 6) is 1.02. The maximum Gasteiger partial charge on any atom is 0.223 e. The summed E-state index contributed by atoms with van der Waals surface area (Å²) >= 11 is 0. The predicted octanol–water partition coefficient (Wildman–Crippen LogP) is 2.78. The number of morpholine rings is 1. The summed E-state index contributed by atoms with van der Waals surface area (Å²) in [5.41, 5.74) is 0.873. The molecule has 0 spiro atoms. The van der Waals surface area contributed by atoms with Gasteiger partial charge in [-0.3, -0.25) is 9.69 Å². The summed E-state index contributed by atoms with van der Waals surface area (Å²) < 4.78 is 20.9. The lowest BCUT2D eigenvalue weighted by molar-refractivity contribution is -0.133. The Balaban J connectivity index is 1.68. The number of halogens is 1. The molecule has 1 aromatic heterocycles. The highest BCUT2D eigenvalue weighted by molar-refractivity contribution is 5.76. The van der Waals surface area contributed by atoms with Crippen LogP contribution in [0.1, 0.15) is 31.7 Å². The molecule has 7 heteroatoms. The molecule has 29 heavy (non-hydrogen) atoms. The average molecular weight is 403 g/mol. The molecule has 3 rings (SSSR count). The van der Waals surface area contributed by atoms with Crippen molar-refractivity contribution in [1.82, 2.24) is 19.4 Å². The van der Waals surface area contributed by atoms with Crippen LogP contribution >= 0.6 is 0 Å². The van der Waals surface area contributed by atoms with Crippen LogP contribution in [0.25, 0.3) is 0 Å². The fourth-order valence-electron chi connectivity index (χ4n) is 3.50. The number of imidazole rings is 1. The summed E-state index contributed by atoms with van der Waals surface area (Å²) in [6.45, 7) is 9.90. The molecule has 2 aromatic rings. The van der Waals surface area contributed by atoms with Crippen molar-refractivity contribution in [2.45, 2.75) is 33.4 Å². The number of hydrogen-bond donors (Lipinski definition) is 0. The number of nitrogens with zero attached hydrogens (tertiary/aromatic N) is 4. The molecule has 0 bridgehead atoms. The Bertz CT molecular complexity index is 787. The highest BCUT2D eigenvalue weighted by Gasteiger charge is 2.20. The van der Waals surface area contributed by atoms with Crippen molar-refractivity contribution < 1.29 is 13.9 Å². The molecule has 1 saturated heterocycles. The van der Waals surface area contributed by atoms with Crippen molar-refractivity contribution in [3.63, 3.8) is 0 Å². The first-order chi connectivity index (χ1) is 14.0. The molecule has 1 aliphatic heterocycles. The molecule has 6 nitrogen and oxygen atoms in total. The second-order valence-electron chi connectivity index (χ2n) is 7.97. The number of aromatic nitrogens is 2. The second kappa shape index (κ2) is 10.5. The zero-order valence-corrected chi connectivity index (χ0v) is 17.4. The van der Waals surface area contributed by atoms with E-state index >= 15 is 0 Å². The molecular weight excluding hydrogens is 371 g/mol. The van der Waals surface area contributed by atoms with Crippen molar-refractivity contribution in [3.8, 4) is 0 Å². The third-order valence-corrected chi connectivity index (χ3v) is 5.10. The maximum atomic E-state index is 13.5. The molecule has 0 atom stereocenters. The third-order valence-electron chi connectivity index (χ3n) is 5.10. The Morgan fingerprint density at radius 1 is 1.31 bits per heavy atom. The third kappa shape index (κ3) is 6.65. The van der Waals surface area contributed by atoms with E-state index < -0.39 is 0 Å². The van der Waals surface area contributed by atoms with Gasteiger partial charge in [0.2, 0.25) is 5.91 Å². The van der Waals surface area contributed by atoms with Crippen molar-refractivity contribution in [3.05, 3.63) is 53.9 Å². The lowest BCUT2D eigenvalue weighted by Crippen LogP contribution is -2.43. The first-order valence-electron chi connectivity index (χ1n) is 10.3. The van der Waals surface area contributed by atoms with Gasteiger partial charge in [0.1, 0.15) is 11.6 Å². The van der Waals surface area contributed by atoms with E-state index in [-0.39, 0.29) is 11.7 Å². The Hall–Kier alpha value is -2.25. The number of carbonyl (C=O) groups is 1. The average Bonchev–Trinajstić information content (AvgIpc) is 3.12. The molecule has 0 N–H and O–H groups in total. The monoisotopic (exact) mass is 402 g/mol. The molecular formula is C22H31FN4O2. The molecule has 0 unspecified atom stereocenters. The van der Waals surface area contributed by atoms with E-state index in [2.05, 4.69) is 23.7 Å². The minimum Gasteiger partial charge on any atom is -0.379 e. The number of amides is 1. The Morgan fingerprint density at radius 2 is 2.10 bits per heavy atom. The minimum absolute atomic E-state index is 0.147. The molecule has 158 valence electrons. The molecule has 0 aliphatic carbocycles. The number of carbonyl (C=O) groups excluding carboxylic acids is 1. The first-order valence-corrected chi connectivity index (χ1v) is 10.3. The lowest BCUT2D eigenvalue weighted by Gasteiger charge is -2.30. The standard InChI is InChI=1S/C22H31FN4O2/c1-18(2)14-22(28)27(9-8-25-10-12-29-13-11-25)17-21-24-6-7-26(21)16-19-4-3-5-20(23)15-19/h3-7,15,18H,8-14,16-17H2,1-2H3. The van der Waals surface area contributed by atoms with Gasteiger partial charge in [-0.1, -0.05) is 26.0 Å². The van der Waals surface area contributed by atoms with Crippen LogP contribution in [-0.2, 0) is 22.6 Å². The largest absolute Gasteiger partial charge is 0.379 e. The number of ether oxygens (including phenoxy) is 1. The predicted molar refractivity (Wildman–Crippen MR) is 110 cm³/mol. The van der Waals surface area contributed by atoms with Gasteiger partial charge in [-0.25, -0.2) is 9.37 Å². The summed E-state index contributed by atoms with van der Waals surface area (Å²) in [6, 6.07) is 6.58. The minimum atomic E-state index is -0.247. The Morgan fingerprint density at radius 3 is 2.83 bits per heavy atom. The van der Waals surface area contributed by atoms with Crippen LogP contribution in [0.5, 0.6) is 0 Å². The van der Waals surface area contributed by atoms with Gasteiger partial charge in [0, 0.05) is 51.5 Å². The highest BCUT2D eigenvalue weighted by Crippen LogP contribution is 2.12. The van der Waals surface area contributed by atoms with Crippen LogP contribution < -0.4 is 0 Å². The molecule has 1 aliphatic rings. The zero-order valence-electron chi connectivity index (χ0n) is 17.4. The summed E-state index contributed by atoms with van der Waals surface area (Å²) in [4.78, 5) is 21.6. The van der Waals surface area contributed by atoms with E-state index in [0.29, 0.717) is 32.0 Å². The smallest absolute Gasteiger partial charge is 0.223 e. The Labute approximate surface area is 172 Å². The topological polar surface area (TPSA) is 50.6 Å². The number of hydrogen-bond acceptors (Lipinski definition) is 4. The van der Waals surface area contributed by atoms with Gasteiger partial charge in [-0.15, -0.1) is 0 Å². The van der Waals surface area contributed by atoms with Crippen molar-refractivity contribution in [2.24, 2.45) is 5.92 Å². The zero-order chi connectivity index (χ0) is 20.6. The highest BCUT2D eigenvalue weighted by atomic mass is 19.1. The van der Waals surface area contributed by atoms with Gasteiger partial charge < -0.3 is 14.2 Å². The normalized spacial score (nSPS) is 15.0. The summed E-state index contributed by atoms with van der Waals surface area (Å²) in [5, 5.41) is 0. The van der Waals surface area contributed by atoms with Gasteiger partial charge in [0.05, 0.1) is 19.8 Å². The molecule has 0 saturated carbocycles. The summed E-state index contributed by atoms with van der Waals surface area (Å²) in [6.07, 6.45) is 4.14. The van der Waals surface area contributed by atoms with E-state index in [1.165, 1.54) is 12.1 Å². The maximum absolute atomic E-state index is 13.5. The molecule has 1 amide bonds. The van der Waals surface area contributed by atoms with E-state index in [9.17, 15) is 9.18 Å². The van der Waals surface area contributed by atoms with E-state index in [4.69, 9.17) is 4.74 Å². The SMILES string of the molecule is CC(C)CC(=O)N(CCN1CCOCC1)Cc1nccn1Cc1cccc(F)c1. The van der Waals surface area contributed by atoms with E-state index in [0.717, 1.165) is 44.2 Å². The van der Waals surface area contributed by atoms with Gasteiger partial charge >= 0.3 is 0 Å². The number of benzene rings is 1. The fourth-order valence-corrected chi connectivity index (χ4v) is 3.50. The molecule has 0 radical (unpaired) electrons. The van der Waals surface area contributed by atoms with E-state index in [1.807, 2.05) is 21.7 Å². The van der Waals surface area contributed by atoms with Crippen molar-refractivity contribution in [1.29, 1.82) is 0 Å². The number of rotatable bonds is 9. The van der Waals surface area contributed by atoms with Gasteiger partial charge in [0.25, 0.3) is 0 Å². The summed E-state index contributed by atoms with van der Waals surface area (Å²) in [7, 11) is 0. The van der Waals surface area contributed by atoms with Crippen LogP contribution in [0.4, 0.5) is 4.39 Å². The van der Waals surface area contributed by atoms with Crippen LogP contribution in [0.15, 0.2) is 36.7 Å². The van der Waals surface area contributed by atoms with Gasteiger partial charge in [0.15, 0.2) is 0 Å². The van der Waals surface area contributed by atoms with Crippen LogP contribution in [0, 0.1) is 11.7 Å². The lowest BCUT2D eigenvalue weighted by atomic mass is 10.1. The van der Waals surface area contributed by atoms with Crippen LogP contribution in [0.3, 0.4) is 0 Å². The molecule has 1 aromatic carbocycles. The van der Waals surface area contributed by atoms with Crippen molar-refractivity contribution >= 4 is 5.91 Å². The van der Waals surface area contributed by atoms with Crippen molar-refractivity contribution in [2.75, 3.05) is 39.4 Å². The first kappa shape index (κ1) is 21.5. The Kier molecular flexibility index (Phi) is 7.77. The van der Waals surface area contributed by atoms with Crippen LogP contribution in [0.2, 0.25) is 0 Å².